The Balaban J connectivity index is 2.32. The van der Waals surface area contributed by atoms with E-state index >= 15 is 0 Å². The Morgan fingerprint density at radius 3 is 2.50 bits per heavy atom. The fraction of sp³-hybridized carbons (Fsp3) is 0. The minimum absolute atomic E-state index is 0.130. The molecule has 0 saturated carbocycles. The van der Waals surface area contributed by atoms with Gasteiger partial charge in [-0.3, -0.25) is 10.1 Å². The Morgan fingerprint density at radius 1 is 1.05 bits per heavy atom. The van der Waals surface area contributed by atoms with Crippen molar-refractivity contribution in [1.82, 2.24) is 4.98 Å². The highest BCUT2D eigenvalue weighted by molar-refractivity contribution is 5.86. The number of hydrogen-bond acceptors (Lipinski definition) is 3. The summed E-state index contributed by atoms with van der Waals surface area (Å²) in [4.78, 5) is 15.0. The van der Waals surface area contributed by atoms with E-state index < -0.39 is 10.7 Å². The number of benzene rings is 2. The molecule has 0 aliphatic carbocycles. The van der Waals surface area contributed by atoms with E-state index in [0.717, 1.165) is 0 Å². The molecule has 4 nitrogen and oxygen atoms in total. The third-order valence-electron chi connectivity index (χ3n) is 3.00. The fourth-order valence-corrected chi connectivity index (χ4v) is 2.08. The molecule has 0 bridgehead atoms. The zero-order valence-electron chi connectivity index (χ0n) is 10.3. The third kappa shape index (κ3) is 2.09. The summed E-state index contributed by atoms with van der Waals surface area (Å²) in [7, 11) is 0. The number of fused-ring (bicyclic) bond motifs is 1. The van der Waals surface area contributed by atoms with Gasteiger partial charge in [-0.15, -0.1) is 0 Å². The Labute approximate surface area is 113 Å². The van der Waals surface area contributed by atoms with Gasteiger partial charge in [-0.05, 0) is 18.2 Å². The van der Waals surface area contributed by atoms with Crippen molar-refractivity contribution in [3.63, 3.8) is 0 Å². The quantitative estimate of drug-likeness (QED) is 0.522. The minimum Gasteiger partial charge on any atom is -0.258 e. The molecule has 20 heavy (non-hydrogen) atoms. The summed E-state index contributed by atoms with van der Waals surface area (Å²) in [5, 5.41) is 11.6. The van der Waals surface area contributed by atoms with Gasteiger partial charge in [0, 0.05) is 17.0 Å². The number of rotatable bonds is 2. The Kier molecular flexibility index (Phi) is 2.87. The first kappa shape index (κ1) is 12.2. The van der Waals surface area contributed by atoms with Crippen LogP contribution in [0.3, 0.4) is 0 Å². The van der Waals surface area contributed by atoms with E-state index in [4.69, 9.17) is 0 Å². The minimum atomic E-state index is -0.500. The molecule has 0 unspecified atom stereocenters. The first-order valence-electron chi connectivity index (χ1n) is 5.95. The zero-order valence-corrected chi connectivity index (χ0v) is 10.3. The maximum Gasteiger partial charge on any atom is 0.296 e. The summed E-state index contributed by atoms with van der Waals surface area (Å²) >= 11 is 0. The number of nitrogens with zero attached hydrogens (tertiary/aromatic N) is 2. The predicted molar refractivity (Wildman–Crippen MR) is 73.8 cm³/mol. The van der Waals surface area contributed by atoms with Crippen molar-refractivity contribution < 1.29 is 9.31 Å². The second-order valence-electron chi connectivity index (χ2n) is 4.32. The molecule has 0 atom stereocenters. The maximum atomic E-state index is 13.2. The molecule has 2 aromatic carbocycles. The van der Waals surface area contributed by atoms with Crippen LogP contribution in [0.1, 0.15) is 0 Å². The lowest BCUT2D eigenvalue weighted by molar-refractivity contribution is -0.384. The summed E-state index contributed by atoms with van der Waals surface area (Å²) in [5.74, 6) is -0.443. The molecule has 3 aromatic rings. The molecule has 0 aliphatic heterocycles. The van der Waals surface area contributed by atoms with Crippen LogP contribution in [0.5, 0.6) is 0 Å². The van der Waals surface area contributed by atoms with Crippen LogP contribution in [-0.2, 0) is 0 Å². The van der Waals surface area contributed by atoms with Crippen molar-refractivity contribution >= 4 is 16.6 Å². The molecule has 0 N–H and O–H groups in total. The lowest BCUT2D eigenvalue weighted by Gasteiger charge is -2.05. The molecule has 0 spiro atoms. The monoisotopic (exact) mass is 268 g/mol. The molecule has 0 fully saturated rings. The molecular weight excluding hydrogens is 259 g/mol. The van der Waals surface area contributed by atoms with Gasteiger partial charge in [-0.1, -0.05) is 30.3 Å². The van der Waals surface area contributed by atoms with Crippen molar-refractivity contribution in [2.45, 2.75) is 0 Å². The molecule has 0 saturated heterocycles. The average molecular weight is 268 g/mol. The summed E-state index contributed by atoms with van der Waals surface area (Å²) in [6.07, 6.45) is 0. The fourth-order valence-electron chi connectivity index (χ4n) is 2.08. The van der Waals surface area contributed by atoms with E-state index in [0.29, 0.717) is 16.5 Å². The van der Waals surface area contributed by atoms with Crippen LogP contribution in [0.4, 0.5) is 10.1 Å². The number of aromatic nitrogens is 1. The molecule has 98 valence electrons. The first-order chi connectivity index (χ1) is 9.65. The summed E-state index contributed by atoms with van der Waals surface area (Å²) in [6.45, 7) is 0. The molecule has 1 heterocycles. The van der Waals surface area contributed by atoms with Crippen molar-refractivity contribution in [1.29, 1.82) is 0 Å². The van der Waals surface area contributed by atoms with E-state index in [9.17, 15) is 14.5 Å². The van der Waals surface area contributed by atoms with Crippen LogP contribution in [0.15, 0.2) is 54.6 Å². The zero-order chi connectivity index (χ0) is 14.1. The van der Waals surface area contributed by atoms with Crippen molar-refractivity contribution in [3.05, 3.63) is 70.5 Å². The lowest BCUT2D eigenvalue weighted by Crippen LogP contribution is -1.96. The van der Waals surface area contributed by atoms with Crippen LogP contribution in [0.2, 0.25) is 0 Å². The second kappa shape index (κ2) is 4.70. The Hall–Kier alpha value is -2.82. The van der Waals surface area contributed by atoms with E-state index in [1.165, 1.54) is 24.3 Å². The predicted octanol–water partition coefficient (Wildman–Crippen LogP) is 3.95. The van der Waals surface area contributed by atoms with E-state index in [1.807, 2.05) is 6.07 Å². The van der Waals surface area contributed by atoms with Crippen molar-refractivity contribution in [3.8, 4) is 11.3 Å². The summed E-state index contributed by atoms with van der Waals surface area (Å²) < 4.78 is 13.2. The number of nitro groups is 1. The molecule has 0 aliphatic rings. The van der Waals surface area contributed by atoms with Crippen molar-refractivity contribution in [2.75, 3.05) is 0 Å². The van der Waals surface area contributed by atoms with Gasteiger partial charge >= 0.3 is 0 Å². The van der Waals surface area contributed by atoms with Crippen LogP contribution in [0, 0.1) is 15.9 Å². The SMILES string of the molecule is O=[N+]([O-])c1cc2cc(F)ccc2nc1-c1ccccc1. The summed E-state index contributed by atoms with van der Waals surface area (Å²) in [5.41, 5.74) is 1.34. The van der Waals surface area contributed by atoms with Gasteiger partial charge < -0.3 is 0 Å². The Morgan fingerprint density at radius 2 is 1.80 bits per heavy atom. The van der Waals surface area contributed by atoms with Gasteiger partial charge in [0.15, 0.2) is 0 Å². The number of pyridine rings is 1. The molecule has 0 radical (unpaired) electrons. The largest absolute Gasteiger partial charge is 0.296 e. The van der Waals surface area contributed by atoms with Crippen LogP contribution < -0.4 is 0 Å². The van der Waals surface area contributed by atoms with Crippen LogP contribution >= 0.6 is 0 Å². The first-order valence-corrected chi connectivity index (χ1v) is 5.95. The average Bonchev–Trinajstić information content (AvgIpc) is 2.46. The molecule has 1 aromatic heterocycles. The normalized spacial score (nSPS) is 10.7. The highest BCUT2D eigenvalue weighted by atomic mass is 19.1. The summed E-state index contributed by atoms with van der Waals surface area (Å²) in [6, 6.07) is 14.3. The smallest absolute Gasteiger partial charge is 0.258 e. The molecule has 5 heteroatoms. The molecular formula is C15H9FN2O2. The van der Waals surface area contributed by atoms with E-state index in [2.05, 4.69) is 4.98 Å². The second-order valence-corrected chi connectivity index (χ2v) is 4.32. The third-order valence-corrected chi connectivity index (χ3v) is 3.00. The van der Waals surface area contributed by atoms with Gasteiger partial charge in [0.1, 0.15) is 11.5 Å². The van der Waals surface area contributed by atoms with Gasteiger partial charge in [-0.25, -0.2) is 9.37 Å². The topological polar surface area (TPSA) is 56.0 Å². The van der Waals surface area contributed by atoms with E-state index in [1.54, 1.807) is 24.3 Å². The standard InChI is InChI=1S/C15H9FN2O2/c16-12-6-7-13-11(8-12)9-14(18(19)20)15(17-13)10-4-2-1-3-5-10/h1-9H. The number of halogens is 1. The van der Waals surface area contributed by atoms with E-state index in [-0.39, 0.29) is 11.4 Å². The highest BCUT2D eigenvalue weighted by Crippen LogP contribution is 2.31. The van der Waals surface area contributed by atoms with Crippen LogP contribution in [0.25, 0.3) is 22.2 Å². The molecule has 0 amide bonds. The van der Waals surface area contributed by atoms with Gasteiger partial charge in [0.25, 0.3) is 5.69 Å². The van der Waals surface area contributed by atoms with Crippen molar-refractivity contribution in [2.24, 2.45) is 0 Å². The van der Waals surface area contributed by atoms with Crippen LogP contribution in [-0.4, -0.2) is 9.91 Å². The van der Waals surface area contributed by atoms with Gasteiger partial charge in [-0.2, -0.15) is 0 Å². The number of hydrogen-bond donors (Lipinski definition) is 0. The lowest BCUT2D eigenvalue weighted by atomic mass is 10.1. The Bertz CT molecular complexity index is 804. The highest BCUT2D eigenvalue weighted by Gasteiger charge is 2.18. The van der Waals surface area contributed by atoms with Gasteiger partial charge in [0.2, 0.25) is 0 Å². The van der Waals surface area contributed by atoms with Gasteiger partial charge in [0.05, 0.1) is 10.4 Å². The molecule has 3 rings (SSSR count). The maximum absolute atomic E-state index is 13.2.